The van der Waals surface area contributed by atoms with Crippen molar-refractivity contribution in [3.63, 3.8) is 0 Å². The van der Waals surface area contributed by atoms with Crippen molar-refractivity contribution in [3.8, 4) is 23.0 Å². The van der Waals surface area contributed by atoms with Crippen LogP contribution >= 0.6 is 0 Å². The van der Waals surface area contributed by atoms with Gasteiger partial charge in [0.05, 0.1) is 34.5 Å². The topological polar surface area (TPSA) is 98.3 Å². The predicted molar refractivity (Wildman–Crippen MR) is 109 cm³/mol. The van der Waals surface area contributed by atoms with Gasteiger partial charge in [0.2, 0.25) is 0 Å². The fourth-order valence-electron chi connectivity index (χ4n) is 2.90. The first-order valence-corrected chi connectivity index (χ1v) is 9.09. The lowest BCUT2D eigenvalue weighted by atomic mass is 10.1. The van der Waals surface area contributed by atoms with Crippen LogP contribution in [0.25, 0.3) is 0 Å². The molecule has 29 heavy (non-hydrogen) atoms. The second kappa shape index (κ2) is 10.4. The number of urea groups is 1. The molecule has 0 saturated heterocycles. The lowest BCUT2D eigenvalue weighted by Gasteiger charge is -2.20. The number of ether oxygens (including phenoxy) is 4. The number of methoxy groups -OCH3 is 4. The Hall–Kier alpha value is -3.13. The Balaban J connectivity index is 1.99. The lowest BCUT2D eigenvalue weighted by molar-refractivity contribution is 0.168. The minimum atomic E-state index is -0.961. The van der Waals surface area contributed by atoms with Crippen LogP contribution in [0.4, 0.5) is 4.79 Å². The third-order valence-corrected chi connectivity index (χ3v) is 4.51. The second-order valence-electron chi connectivity index (χ2n) is 6.31. The van der Waals surface area contributed by atoms with E-state index in [4.69, 9.17) is 18.9 Å². The Labute approximate surface area is 170 Å². The van der Waals surface area contributed by atoms with Gasteiger partial charge in [-0.3, -0.25) is 0 Å². The highest BCUT2D eigenvalue weighted by Gasteiger charge is 2.18. The normalized spacial score (nSPS) is 12.5. The third kappa shape index (κ3) is 5.68. The van der Waals surface area contributed by atoms with Crippen LogP contribution in [0.3, 0.4) is 0 Å². The first-order valence-electron chi connectivity index (χ1n) is 9.09. The maximum Gasteiger partial charge on any atom is 0.315 e. The number of hydrogen-bond donors (Lipinski definition) is 3. The van der Waals surface area contributed by atoms with Crippen LogP contribution in [0.5, 0.6) is 23.0 Å². The number of carbonyl (C=O) groups excluding carboxylic acids is 1. The monoisotopic (exact) mass is 404 g/mol. The van der Waals surface area contributed by atoms with Crippen molar-refractivity contribution in [2.24, 2.45) is 0 Å². The van der Waals surface area contributed by atoms with Crippen molar-refractivity contribution in [1.82, 2.24) is 10.6 Å². The van der Waals surface area contributed by atoms with Crippen LogP contribution in [0.1, 0.15) is 30.2 Å². The molecule has 2 rings (SSSR count). The SMILES string of the molecule is COc1ccc(C(C)NC(=O)NCC(O)c2cc(OC)ccc2OC)c(OC)c1. The van der Waals surface area contributed by atoms with Gasteiger partial charge in [-0.15, -0.1) is 0 Å². The van der Waals surface area contributed by atoms with Gasteiger partial charge in [-0.1, -0.05) is 0 Å². The number of rotatable bonds is 9. The minimum absolute atomic E-state index is 0.00181. The molecule has 0 heterocycles. The number of amides is 2. The standard InChI is InChI=1S/C21H28N2O6/c1-13(16-8-6-15(27-3)11-20(16)29-5)23-21(25)22-12-18(24)17-10-14(26-2)7-9-19(17)28-4/h6-11,13,18,24H,12H2,1-5H3,(H2,22,23,25). The summed E-state index contributed by atoms with van der Waals surface area (Å²) < 4.78 is 21.0. The molecule has 0 aliphatic heterocycles. The van der Waals surface area contributed by atoms with E-state index in [9.17, 15) is 9.90 Å². The number of carbonyl (C=O) groups is 1. The van der Waals surface area contributed by atoms with Gasteiger partial charge in [-0.05, 0) is 37.3 Å². The van der Waals surface area contributed by atoms with Crippen molar-refractivity contribution in [1.29, 1.82) is 0 Å². The number of aliphatic hydroxyl groups is 1. The summed E-state index contributed by atoms with van der Waals surface area (Å²) in [6.07, 6.45) is -0.961. The van der Waals surface area contributed by atoms with Gasteiger partial charge in [0, 0.05) is 23.7 Å². The molecule has 2 aromatic rings. The maximum absolute atomic E-state index is 12.3. The molecule has 0 bridgehead atoms. The highest BCUT2D eigenvalue weighted by Crippen LogP contribution is 2.30. The van der Waals surface area contributed by atoms with Gasteiger partial charge < -0.3 is 34.7 Å². The third-order valence-electron chi connectivity index (χ3n) is 4.51. The number of nitrogens with one attached hydrogen (secondary N) is 2. The highest BCUT2D eigenvalue weighted by molar-refractivity contribution is 5.74. The van der Waals surface area contributed by atoms with Crippen molar-refractivity contribution in [2.75, 3.05) is 35.0 Å². The van der Waals surface area contributed by atoms with E-state index in [2.05, 4.69) is 10.6 Å². The number of benzene rings is 2. The van der Waals surface area contributed by atoms with Crippen LogP contribution in [0.15, 0.2) is 36.4 Å². The first-order chi connectivity index (χ1) is 13.9. The molecule has 0 aliphatic rings. The quantitative estimate of drug-likeness (QED) is 0.595. The van der Waals surface area contributed by atoms with E-state index >= 15 is 0 Å². The summed E-state index contributed by atoms with van der Waals surface area (Å²) >= 11 is 0. The molecule has 0 aliphatic carbocycles. The van der Waals surface area contributed by atoms with E-state index in [0.717, 1.165) is 5.56 Å². The zero-order valence-electron chi connectivity index (χ0n) is 17.3. The van der Waals surface area contributed by atoms with Crippen LogP contribution in [-0.4, -0.2) is 46.1 Å². The fraction of sp³-hybridized carbons (Fsp3) is 0.381. The summed E-state index contributed by atoms with van der Waals surface area (Å²) in [6, 6.07) is 9.76. The molecule has 8 heteroatoms. The Morgan fingerprint density at radius 2 is 1.52 bits per heavy atom. The molecule has 2 atom stereocenters. The van der Waals surface area contributed by atoms with E-state index in [0.29, 0.717) is 28.6 Å². The van der Waals surface area contributed by atoms with E-state index in [1.54, 1.807) is 51.7 Å². The predicted octanol–water partition coefficient (Wildman–Crippen LogP) is 2.81. The molecule has 8 nitrogen and oxygen atoms in total. The Kier molecular flexibility index (Phi) is 7.97. The Morgan fingerprint density at radius 1 is 0.897 bits per heavy atom. The minimum Gasteiger partial charge on any atom is -0.497 e. The van der Waals surface area contributed by atoms with Crippen LogP contribution in [0.2, 0.25) is 0 Å². The summed E-state index contributed by atoms with van der Waals surface area (Å²) in [6.45, 7) is 1.84. The van der Waals surface area contributed by atoms with Gasteiger partial charge in [0.25, 0.3) is 0 Å². The Bertz CT molecular complexity index is 827. The van der Waals surface area contributed by atoms with E-state index in [-0.39, 0.29) is 12.6 Å². The molecule has 2 aromatic carbocycles. The molecule has 0 spiro atoms. The van der Waals surface area contributed by atoms with E-state index in [1.165, 1.54) is 7.11 Å². The van der Waals surface area contributed by atoms with Gasteiger partial charge in [-0.25, -0.2) is 4.79 Å². The molecule has 2 amide bonds. The fourth-order valence-corrected chi connectivity index (χ4v) is 2.90. The van der Waals surface area contributed by atoms with E-state index in [1.807, 2.05) is 13.0 Å². The Morgan fingerprint density at radius 3 is 2.14 bits per heavy atom. The second-order valence-corrected chi connectivity index (χ2v) is 6.31. The first kappa shape index (κ1) is 22.2. The molecule has 0 aromatic heterocycles. The zero-order chi connectivity index (χ0) is 21.4. The highest BCUT2D eigenvalue weighted by atomic mass is 16.5. The summed E-state index contributed by atoms with van der Waals surface area (Å²) in [4.78, 5) is 12.3. The number of hydrogen-bond acceptors (Lipinski definition) is 6. The summed E-state index contributed by atoms with van der Waals surface area (Å²) in [5.74, 6) is 2.37. The van der Waals surface area contributed by atoms with Crippen LogP contribution in [0, 0.1) is 0 Å². The molecule has 3 N–H and O–H groups in total. The molecule has 0 fully saturated rings. The van der Waals surface area contributed by atoms with Crippen LogP contribution < -0.4 is 29.6 Å². The summed E-state index contributed by atoms with van der Waals surface area (Å²) in [5, 5.41) is 16.0. The smallest absolute Gasteiger partial charge is 0.315 e. The van der Waals surface area contributed by atoms with Crippen LogP contribution in [-0.2, 0) is 0 Å². The number of aliphatic hydroxyl groups excluding tert-OH is 1. The van der Waals surface area contributed by atoms with Gasteiger partial charge in [0.1, 0.15) is 29.1 Å². The average Bonchev–Trinajstić information content (AvgIpc) is 2.76. The molecule has 0 saturated carbocycles. The van der Waals surface area contributed by atoms with Crippen molar-refractivity contribution < 1.29 is 28.8 Å². The summed E-state index contributed by atoms with van der Waals surface area (Å²) in [5.41, 5.74) is 1.33. The van der Waals surface area contributed by atoms with Crippen molar-refractivity contribution in [2.45, 2.75) is 19.1 Å². The van der Waals surface area contributed by atoms with Gasteiger partial charge >= 0.3 is 6.03 Å². The molecule has 2 unspecified atom stereocenters. The average molecular weight is 404 g/mol. The van der Waals surface area contributed by atoms with E-state index < -0.39 is 12.1 Å². The van der Waals surface area contributed by atoms with Gasteiger partial charge in [-0.2, -0.15) is 0 Å². The zero-order valence-corrected chi connectivity index (χ0v) is 17.3. The van der Waals surface area contributed by atoms with Crippen molar-refractivity contribution >= 4 is 6.03 Å². The molecular formula is C21H28N2O6. The maximum atomic E-state index is 12.3. The molecule has 0 radical (unpaired) electrons. The lowest BCUT2D eigenvalue weighted by Crippen LogP contribution is -2.39. The summed E-state index contributed by atoms with van der Waals surface area (Å²) in [7, 11) is 6.19. The largest absolute Gasteiger partial charge is 0.497 e. The molecule has 158 valence electrons. The van der Waals surface area contributed by atoms with Crippen molar-refractivity contribution in [3.05, 3.63) is 47.5 Å². The molecular weight excluding hydrogens is 376 g/mol. The van der Waals surface area contributed by atoms with Gasteiger partial charge in [0.15, 0.2) is 0 Å².